The summed E-state index contributed by atoms with van der Waals surface area (Å²) in [5, 5.41) is 3.38. The van der Waals surface area contributed by atoms with E-state index in [0.717, 1.165) is 24.6 Å². The van der Waals surface area contributed by atoms with Crippen LogP contribution in [0.2, 0.25) is 0 Å². The van der Waals surface area contributed by atoms with E-state index in [1.165, 1.54) is 38.5 Å². The topological polar surface area (TPSA) is 29.1 Å². The molecule has 15 heavy (non-hydrogen) atoms. The summed E-state index contributed by atoms with van der Waals surface area (Å²) in [5.41, 5.74) is 1.16. The first-order valence-electron chi connectivity index (χ1n) is 6.32. The third kappa shape index (κ3) is 3.37. The molecule has 2 nitrogen and oxygen atoms in total. The summed E-state index contributed by atoms with van der Waals surface area (Å²) in [7, 11) is 0. The van der Waals surface area contributed by atoms with Gasteiger partial charge in [-0.1, -0.05) is 25.7 Å². The van der Waals surface area contributed by atoms with E-state index in [-0.39, 0.29) is 5.78 Å². The van der Waals surface area contributed by atoms with Crippen LogP contribution in [0.15, 0.2) is 11.8 Å². The van der Waals surface area contributed by atoms with Crippen LogP contribution in [0.25, 0.3) is 0 Å². The van der Waals surface area contributed by atoms with Crippen LogP contribution in [0.1, 0.15) is 51.4 Å². The highest BCUT2D eigenvalue weighted by molar-refractivity contribution is 5.92. The maximum absolute atomic E-state index is 11.0. The van der Waals surface area contributed by atoms with Crippen molar-refractivity contribution in [1.29, 1.82) is 0 Å². The molecule has 2 aliphatic rings. The molecule has 0 spiro atoms. The van der Waals surface area contributed by atoms with Crippen molar-refractivity contribution in [3.8, 4) is 0 Å². The highest BCUT2D eigenvalue weighted by Crippen LogP contribution is 2.28. The van der Waals surface area contributed by atoms with E-state index in [1.807, 2.05) is 0 Å². The van der Waals surface area contributed by atoms with Gasteiger partial charge in [0.05, 0.1) is 0 Å². The van der Waals surface area contributed by atoms with E-state index in [9.17, 15) is 4.79 Å². The zero-order chi connectivity index (χ0) is 10.5. The van der Waals surface area contributed by atoms with Crippen LogP contribution in [0.5, 0.6) is 0 Å². The number of carbonyl (C=O) groups excluding carboxylic acids is 1. The van der Waals surface area contributed by atoms with Crippen molar-refractivity contribution in [2.24, 2.45) is 5.92 Å². The van der Waals surface area contributed by atoms with Gasteiger partial charge in [-0.3, -0.25) is 4.79 Å². The molecule has 0 aliphatic heterocycles. The van der Waals surface area contributed by atoms with Crippen LogP contribution >= 0.6 is 0 Å². The first-order valence-corrected chi connectivity index (χ1v) is 6.32. The van der Waals surface area contributed by atoms with Gasteiger partial charge in [0.1, 0.15) is 0 Å². The molecule has 2 aliphatic carbocycles. The Labute approximate surface area is 92.1 Å². The van der Waals surface area contributed by atoms with E-state index >= 15 is 0 Å². The molecular formula is C13H21NO. The molecule has 0 radical (unpaired) electrons. The molecule has 0 atom stereocenters. The van der Waals surface area contributed by atoms with E-state index in [1.54, 1.807) is 6.08 Å². The molecule has 0 saturated heterocycles. The third-order valence-corrected chi connectivity index (χ3v) is 3.59. The van der Waals surface area contributed by atoms with Gasteiger partial charge in [0.15, 0.2) is 5.78 Å². The molecule has 0 bridgehead atoms. The Hall–Kier alpha value is -0.790. The van der Waals surface area contributed by atoms with Crippen molar-refractivity contribution >= 4 is 5.78 Å². The predicted octanol–water partition coefficient (Wildman–Crippen LogP) is 2.79. The maximum atomic E-state index is 11.0. The van der Waals surface area contributed by atoms with Gasteiger partial charge < -0.3 is 5.32 Å². The van der Waals surface area contributed by atoms with Crippen LogP contribution in [-0.2, 0) is 4.79 Å². The minimum absolute atomic E-state index is 0.285. The molecule has 0 heterocycles. The number of carbonyl (C=O) groups is 1. The zero-order valence-electron chi connectivity index (χ0n) is 9.43. The van der Waals surface area contributed by atoms with Gasteiger partial charge in [-0.15, -0.1) is 0 Å². The van der Waals surface area contributed by atoms with Crippen LogP contribution < -0.4 is 5.32 Å². The zero-order valence-corrected chi connectivity index (χ0v) is 9.43. The van der Waals surface area contributed by atoms with Crippen LogP contribution in [0.4, 0.5) is 0 Å². The van der Waals surface area contributed by atoms with Crippen LogP contribution in [-0.4, -0.2) is 12.3 Å². The summed E-state index contributed by atoms with van der Waals surface area (Å²) >= 11 is 0. The largest absolute Gasteiger partial charge is 0.388 e. The van der Waals surface area contributed by atoms with Crippen LogP contribution in [0, 0.1) is 5.92 Å². The Morgan fingerprint density at radius 2 is 2.07 bits per heavy atom. The van der Waals surface area contributed by atoms with Gasteiger partial charge >= 0.3 is 0 Å². The van der Waals surface area contributed by atoms with E-state index in [2.05, 4.69) is 5.32 Å². The van der Waals surface area contributed by atoms with E-state index < -0.39 is 0 Å². The summed E-state index contributed by atoms with van der Waals surface area (Å²) in [6, 6.07) is 0. The monoisotopic (exact) mass is 207 g/mol. The van der Waals surface area contributed by atoms with Crippen molar-refractivity contribution in [2.75, 3.05) is 6.54 Å². The maximum Gasteiger partial charge on any atom is 0.157 e. The fourth-order valence-electron chi connectivity index (χ4n) is 2.67. The Balaban J connectivity index is 1.55. The number of hydrogen-bond donors (Lipinski definition) is 1. The number of allylic oxidation sites excluding steroid dienone is 2. The second-order valence-corrected chi connectivity index (χ2v) is 4.86. The average molecular weight is 207 g/mol. The lowest BCUT2D eigenvalue weighted by Gasteiger charge is -2.10. The Bertz CT molecular complexity index is 251. The number of hydrogen-bond acceptors (Lipinski definition) is 2. The lowest BCUT2D eigenvalue weighted by Crippen LogP contribution is -2.14. The minimum Gasteiger partial charge on any atom is -0.388 e. The lowest BCUT2D eigenvalue weighted by molar-refractivity contribution is -0.114. The van der Waals surface area contributed by atoms with E-state index in [4.69, 9.17) is 0 Å². The first kappa shape index (κ1) is 10.7. The normalized spacial score (nSPS) is 22.1. The quantitative estimate of drug-likeness (QED) is 0.702. The van der Waals surface area contributed by atoms with Gasteiger partial charge in [-0.25, -0.2) is 0 Å². The molecule has 2 rings (SSSR count). The highest BCUT2D eigenvalue weighted by Gasteiger charge is 2.14. The van der Waals surface area contributed by atoms with E-state index in [0.29, 0.717) is 6.42 Å². The molecule has 0 aromatic rings. The van der Waals surface area contributed by atoms with Crippen molar-refractivity contribution < 1.29 is 4.79 Å². The standard InChI is InChI=1S/C13H21NO/c15-13-8-7-12(10-13)14-9-3-6-11-4-1-2-5-11/h10-11,14H,1-9H2. The summed E-state index contributed by atoms with van der Waals surface area (Å²) in [5.74, 6) is 1.28. The second kappa shape index (κ2) is 5.34. The van der Waals surface area contributed by atoms with Crippen molar-refractivity contribution in [3.63, 3.8) is 0 Å². The molecule has 84 valence electrons. The number of nitrogens with one attached hydrogen (secondary N) is 1. The molecular weight excluding hydrogens is 186 g/mol. The first-order chi connectivity index (χ1) is 7.34. The summed E-state index contributed by atoms with van der Waals surface area (Å²) in [6.45, 7) is 1.05. The molecule has 1 fully saturated rings. The van der Waals surface area contributed by atoms with Crippen molar-refractivity contribution in [2.45, 2.75) is 51.4 Å². The molecule has 0 amide bonds. The fourth-order valence-corrected chi connectivity index (χ4v) is 2.67. The summed E-state index contributed by atoms with van der Waals surface area (Å²) in [4.78, 5) is 11.0. The van der Waals surface area contributed by atoms with Crippen LogP contribution in [0.3, 0.4) is 0 Å². The highest BCUT2D eigenvalue weighted by atomic mass is 16.1. The second-order valence-electron chi connectivity index (χ2n) is 4.86. The van der Waals surface area contributed by atoms with Gasteiger partial charge in [0.2, 0.25) is 0 Å². The average Bonchev–Trinajstić information content (AvgIpc) is 2.84. The molecule has 1 N–H and O–H groups in total. The van der Waals surface area contributed by atoms with Gasteiger partial charge in [-0.05, 0) is 25.2 Å². The number of ketones is 1. The minimum atomic E-state index is 0.285. The smallest absolute Gasteiger partial charge is 0.157 e. The third-order valence-electron chi connectivity index (χ3n) is 3.59. The van der Waals surface area contributed by atoms with Crippen molar-refractivity contribution in [3.05, 3.63) is 11.8 Å². The number of rotatable bonds is 5. The predicted molar refractivity (Wildman–Crippen MR) is 61.5 cm³/mol. The van der Waals surface area contributed by atoms with Crippen molar-refractivity contribution in [1.82, 2.24) is 5.32 Å². The lowest BCUT2D eigenvalue weighted by atomic mass is 10.0. The molecule has 2 heteroatoms. The summed E-state index contributed by atoms with van der Waals surface area (Å²) in [6.07, 6.45) is 11.8. The summed E-state index contributed by atoms with van der Waals surface area (Å²) < 4.78 is 0. The van der Waals surface area contributed by atoms with Gasteiger partial charge in [-0.2, -0.15) is 0 Å². The molecule has 0 aromatic heterocycles. The SMILES string of the molecule is O=C1C=C(NCCCC2CCCC2)CC1. The van der Waals surface area contributed by atoms with Gasteiger partial charge in [0.25, 0.3) is 0 Å². The molecule has 0 aromatic carbocycles. The Kier molecular flexibility index (Phi) is 3.81. The molecule has 0 unspecified atom stereocenters. The van der Waals surface area contributed by atoms with Gasteiger partial charge in [0, 0.05) is 24.7 Å². The Morgan fingerprint density at radius 1 is 1.27 bits per heavy atom. The Morgan fingerprint density at radius 3 is 2.73 bits per heavy atom. The molecule has 1 saturated carbocycles. The fraction of sp³-hybridized carbons (Fsp3) is 0.769.